The second kappa shape index (κ2) is 6.75. The molecule has 17 heavy (non-hydrogen) atoms. The van der Waals surface area contributed by atoms with E-state index in [-0.39, 0.29) is 0 Å². The molecule has 0 aliphatic carbocycles. The van der Waals surface area contributed by atoms with Gasteiger partial charge in [-0.25, -0.2) is 0 Å². The summed E-state index contributed by atoms with van der Waals surface area (Å²) >= 11 is 0. The molecule has 1 aliphatic heterocycles. The molecular weight excluding hydrogens is 208 g/mol. The van der Waals surface area contributed by atoms with Crippen LogP contribution >= 0.6 is 0 Å². The Balaban J connectivity index is 2.21. The van der Waals surface area contributed by atoms with Crippen molar-refractivity contribution in [3.8, 4) is 0 Å². The van der Waals surface area contributed by atoms with Gasteiger partial charge in [-0.3, -0.25) is 4.90 Å². The molecule has 1 heterocycles. The lowest BCUT2D eigenvalue weighted by molar-refractivity contribution is 0.1000. The van der Waals surface area contributed by atoms with Crippen LogP contribution in [0.4, 0.5) is 0 Å². The molecular formula is C15H32N2. The second-order valence-electron chi connectivity index (χ2n) is 6.69. The van der Waals surface area contributed by atoms with Gasteiger partial charge in [0.1, 0.15) is 0 Å². The lowest BCUT2D eigenvalue weighted by atomic mass is 9.87. The average Bonchev–Trinajstić information content (AvgIpc) is 2.27. The van der Waals surface area contributed by atoms with Crippen molar-refractivity contribution in [2.75, 3.05) is 13.1 Å². The number of rotatable bonds is 6. The Bertz CT molecular complexity index is 203. The van der Waals surface area contributed by atoms with Crippen LogP contribution in [0.2, 0.25) is 0 Å². The molecule has 0 radical (unpaired) electrons. The van der Waals surface area contributed by atoms with E-state index in [9.17, 15) is 0 Å². The van der Waals surface area contributed by atoms with Gasteiger partial charge in [-0.05, 0) is 58.0 Å². The number of hydrogen-bond acceptors (Lipinski definition) is 2. The van der Waals surface area contributed by atoms with Crippen LogP contribution < -0.4 is 5.73 Å². The zero-order valence-corrected chi connectivity index (χ0v) is 12.3. The average molecular weight is 240 g/mol. The fourth-order valence-electron chi connectivity index (χ4n) is 2.92. The molecule has 0 aromatic carbocycles. The minimum Gasteiger partial charge on any atom is -0.330 e. The Morgan fingerprint density at radius 1 is 1.12 bits per heavy atom. The largest absolute Gasteiger partial charge is 0.330 e. The fourth-order valence-corrected chi connectivity index (χ4v) is 2.92. The summed E-state index contributed by atoms with van der Waals surface area (Å²) in [7, 11) is 0. The molecule has 2 N–H and O–H groups in total. The van der Waals surface area contributed by atoms with E-state index >= 15 is 0 Å². The fraction of sp³-hybridized carbons (Fsp3) is 1.00. The summed E-state index contributed by atoms with van der Waals surface area (Å²) in [5, 5.41) is 0. The van der Waals surface area contributed by atoms with Crippen LogP contribution in [0.1, 0.15) is 66.2 Å². The zero-order chi connectivity index (χ0) is 12.9. The van der Waals surface area contributed by atoms with Gasteiger partial charge in [-0.1, -0.05) is 26.7 Å². The number of nitrogens with two attached hydrogens (primary N) is 1. The molecule has 102 valence electrons. The molecule has 1 rings (SSSR count). The minimum absolute atomic E-state index is 0.332. The summed E-state index contributed by atoms with van der Waals surface area (Å²) in [6.07, 6.45) is 8.11. The van der Waals surface area contributed by atoms with Crippen LogP contribution in [0.15, 0.2) is 0 Å². The summed E-state index contributed by atoms with van der Waals surface area (Å²) in [6.45, 7) is 11.4. The molecule has 1 saturated heterocycles. The van der Waals surface area contributed by atoms with Crippen LogP contribution in [0.5, 0.6) is 0 Å². The molecule has 2 atom stereocenters. The number of nitrogens with zero attached hydrogens (tertiary/aromatic N) is 1. The van der Waals surface area contributed by atoms with Crippen LogP contribution in [-0.2, 0) is 0 Å². The molecule has 0 spiro atoms. The number of unbranched alkanes of at least 4 members (excludes halogenated alkanes) is 1. The predicted octanol–water partition coefficient (Wildman–Crippen LogP) is 3.40. The van der Waals surface area contributed by atoms with E-state index in [1.807, 2.05) is 0 Å². The first-order valence-corrected chi connectivity index (χ1v) is 7.42. The first-order chi connectivity index (χ1) is 7.96. The monoisotopic (exact) mass is 240 g/mol. The maximum atomic E-state index is 5.77. The zero-order valence-electron chi connectivity index (χ0n) is 12.3. The molecule has 0 saturated carbocycles. The van der Waals surface area contributed by atoms with Gasteiger partial charge in [0.25, 0.3) is 0 Å². The Hall–Kier alpha value is -0.0800. The maximum absolute atomic E-state index is 5.77. The third-order valence-corrected chi connectivity index (χ3v) is 4.45. The van der Waals surface area contributed by atoms with Gasteiger partial charge in [0, 0.05) is 12.1 Å². The first kappa shape index (κ1) is 15.0. The highest BCUT2D eigenvalue weighted by atomic mass is 15.2. The maximum Gasteiger partial charge on any atom is 0.00697 e. The normalized spacial score (nSPS) is 27.4. The van der Waals surface area contributed by atoms with Crippen molar-refractivity contribution in [2.45, 2.75) is 78.3 Å². The van der Waals surface area contributed by atoms with Crippen molar-refractivity contribution < 1.29 is 0 Å². The highest BCUT2D eigenvalue weighted by Gasteiger charge is 2.24. The highest BCUT2D eigenvalue weighted by molar-refractivity contribution is 4.79. The van der Waals surface area contributed by atoms with E-state index in [0.29, 0.717) is 5.41 Å². The van der Waals surface area contributed by atoms with Crippen molar-refractivity contribution >= 4 is 0 Å². The van der Waals surface area contributed by atoms with Crippen molar-refractivity contribution in [1.82, 2.24) is 4.90 Å². The Kier molecular flexibility index (Phi) is 5.94. The second-order valence-corrected chi connectivity index (χ2v) is 6.69. The van der Waals surface area contributed by atoms with Gasteiger partial charge in [-0.15, -0.1) is 0 Å². The SMILES string of the molecule is CC1CCCC(C)N1CCCCC(C)(C)CN. The van der Waals surface area contributed by atoms with E-state index in [2.05, 4.69) is 32.6 Å². The van der Waals surface area contributed by atoms with Gasteiger partial charge in [-0.2, -0.15) is 0 Å². The number of likely N-dealkylation sites (tertiary alicyclic amines) is 1. The summed E-state index contributed by atoms with van der Waals surface area (Å²) in [5.41, 5.74) is 6.10. The van der Waals surface area contributed by atoms with Crippen molar-refractivity contribution in [1.29, 1.82) is 0 Å². The lowest BCUT2D eigenvalue weighted by Gasteiger charge is -2.39. The predicted molar refractivity (Wildman–Crippen MR) is 76.2 cm³/mol. The van der Waals surface area contributed by atoms with E-state index < -0.39 is 0 Å². The molecule has 0 bridgehead atoms. The molecule has 2 nitrogen and oxygen atoms in total. The molecule has 0 aromatic heterocycles. The molecule has 2 heteroatoms. The van der Waals surface area contributed by atoms with Gasteiger partial charge in [0.15, 0.2) is 0 Å². The summed E-state index contributed by atoms with van der Waals surface area (Å²) < 4.78 is 0. The third-order valence-electron chi connectivity index (χ3n) is 4.45. The standard InChI is InChI=1S/C15H32N2/c1-13-8-7-9-14(2)17(13)11-6-5-10-15(3,4)12-16/h13-14H,5-12,16H2,1-4H3. The first-order valence-electron chi connectivity index (χ1n) is 7.42. The highest BCUT2D eigenvalue weighted by Crippen LogP contribution is 2.25. The van der Waals surface area contributed by atoms with Gasteiger partial charge >= 0.3 is 0 Å². The van der Waals surface area contributed by atoms with Gasteiger partial charge in [0.2, 0.25) is 0 Å². The number of piperidine rings is 1. The summed E-state index contributed by atoms with van der Waals surface area (Å²) in [6, 6.07) is 1.59. The lowest BCUT2D eigenvalue weighted by Crippen LogP contribution is -2.44. The third kappa shape index (κ3) is 4.97. The van der Waals surface area contributed by atoms with Crippen LogP contribution in [0, 0.1) is 5.41 Å². The Morgan fingerprint density at radius 2 is 1.71 bits per heavy atom. The van der Waals surface area contributed by atoms with Crippen molar-refractivity contribution in [3.63, 3.8) is 0 Å². The Morgan fingerprint density at radius 3 is 2.24 bits per heavy atom. The smallest absolute Gasteiger partial charge is 0.00697 e. The van der Waals surface area contributed by atoms with Gasteiger partial charge in [0.05, 0.1) is 0 Å². The Labute approximate surface area is 108 Å². The molecule has 0 aromatic rings. The molecule has 0 amide bonds. The topological polar surface area (TPSA) is 29.3 Å². The van der Waals surface area contributed by atoms with E-state index in [1.165, 1.54) is 45.1 Å². The quantitative estimate of drug-likeness (QED) is 0.721. The van der Waals surface area contributed by atoms with Crippen LogP contribution in [-0.4, -0.2) is 30.1 Å². The molecule has 1 aliphatic rings. The van der Waals surface area contributed by atoms with E-state index in [1.54, 1.807) is 0 Å². The molecule has 2 unspecified atom stereocenters. The summed E-state index contributed by atoms with van der Waals surface area (Å²) in [4.78, 5) is 2.71. The number of hydrogen-bond donors (Lipinski definition) is 1. The van der Waals surface area contributed by atoms with E-state index in [0.717, 1.165) is 18.6 Å². The van der Waals surface area contributed by atoms with Gasteiger partial charge < -0.3 is 5.73 Å². The van der Waals surface area contributed by atoms with Crippen LogP contribution in [0.25, 0.3) is 0 Å². The van der Waals surface area contributed by atoms with E-state index in [4.69, 9.17) is 5.73 Å². The summed E-state index contributed by atoms with van der Waals surface area (Å²) in [5.74, 6) is 0. The van der Waals surface area contributed by atoms with Crippen molar-refractivity contribution in [2.24, 2.45) is 11.1 Å². The minimum atomic E-state index is 0.332. The molecule has 1 fully saturated rings. The van der Waals surface area contributed by atoms with Crippen molar-refractivity contribution in [3.05, 3.63) is 0 Å². The van der Waals surface area contributed by atoms with Crippen LogP contribution in [0.3, 0.4) is 0 Å².